The van der Waals surface area contributed by atoms with Crippen molar-refractivity contribution in [3.05, 3.63) is 45.7 Å². The zero-order chi connectivity index (χ0) is 15.9. The van der Waals surface area contributed by atoms with E-state index in [0.717, 1.165) is 22.8 Å². The number of hydrogen-bond acceptors (Lipinski definition) is 5. The summed E-state index contributed by atoms with van der Waals surface area (Å²) in [5.74, 6) is 0.800. The third kappa shape index (κ3) is 4.42. The highest BCUT2D eigenvalue weighted by Gasteiger charge is 2.24. The molecule has 0 aromatic heterocycles. The zero-order valence-electron chi connectivity index (χ0n) is 12.1. The number of benzene rings is 1. The molecule has 22 heavy (non-hydrogen) atoms. The number of hydrogen-bond donors (Lipinski definition) is 1. The van der Waals surface area contributed by atoms with Gasteiger partial charge in [0.15, 0.2) is 5.78 Å². The molecule has 0 atom stereocenters. The van der Waals surface area contributed by atoms with Gasteiger partial charge in [-0.3, -0.25) is 4.79 Å². The molecule has 116 valence electrons. The van der Waals surface area contributed by atoms with E-state index in [9.17, 15) is 14.7 Å². The van der Waals surface area contributed by atoms with Crippen LogP contribution in [0, 0.1) is 0 Å². The van der Waals surface area contributed by atoms with Crippen LogP contribution >= 0.6 is 23.5 Å². The maximum Gasteiger partial charge on any atom is 0.341 e. The van der Waals surface area contributed by atoms with Gasteiger partial charge in [0, 0.05) is 11.5 Å². The average molecular weight is 336 g/mol. The van der Waals surface area contributed by atoms with Crippen molar-refractivity contribution in [3.63, 3.8) is 0 Å². The van der Waals surface area contributed by atoms with Crippen LogP contribution in [0.3, 0.4) is 0 Å². The lowest BCUT2D eigenvalue weighted by Gasteiger charge is -2.03. The van der Waals surface area contributed by atoms with Crippen LogP contribution in [0.2, 0.25) is 0 Å². The first-order valence-electron chi connectivity index (χ1n) is 6.80. The summed E-state index contributed by atoms with van der Waals surface area (Å²) in [6.07, 6.45) is 2.93. The lowest BCUT2D eigenvalue weighted by atomic mass is 10.1. The molecular formula is C16H16O4S2. The van der Waals surface area contributed by atoms with Gasteiger partial charge in [-0.15, -0.1) is 23.5 Å². The number of carbonyl (C=O) groups excluding carboxylic acids is 1. The molecule has 6 heteroatoms. The smallest absolute Gasteiger partial charge is 0.341 e. The van der Waals surface area contributed by atoms with E-state index in [1.54, 1.807) is 6.08 Å². The Morgan fingerprint density at radius 3 is 2.41 bits per heavy atom. The minimum Gasteiger partial charge on any atom is -0.494 e. The maximum absolute atomic E-state index is 12.1. The highest BCUT2D eigenvalue weighted by Crippen LogP contribution is 2.39. The fraction of sp³-hybridized carbons (Fsp3) is 0.250. The van der Waals surface area contributed by atoms with E-state index in [1.807, 2.05) is 31.2 Å². The van der Waals surface area contributed by atoms with Crippen molar-refractivity contribution in [2.75, 3.05) is 18.1 Å². The van der Waals surface area contributed by atoms with Crippen LogP contribution in [-0.2, 0) is 9.59 Å². The largest absolute Gasteiger partial charge is 0.494 e. The normalized spacial score (nSPS) is 14.3. The minimum atomic E-state index is -1.17. The molecule has 2 rings (SSSR count). The van der Waals surface area contributed by atoms with Crippen LogP contribution in [0.4, 0.5) is 0 Å². The van der Waals surface area contributed by atoms with Gasteiger partial charge in [-0.1, -0.05) is 18.2 Å². The number of allylic oxidation sites excluding steroid dienone is 1. The summed E-state index contributed by atoms with van der Waals surface area (Å²) in [6.45, 7) is 2.50. The lowest BCUT2D eigenvalue weighted by molar-refractivity contribution is -0.134. The summed E-state index contributed by atoms with van der Waals surface area (Å²) in [5, 5.41) is 9.24. The van der Waals surface area contributed by atoms with E-state index in [1.165, 1.54) is 29.6 Å². The van der Waals surface area contributed by atoms with E-state index >= 15 is 0 Å². The molecule has 0 saturated carbocycles. The van der Waals surface area contributed by atoms with E-state index in [0.29, 0.717) is 10.8 Å². The van der Waals surface area contributed by atoms with E-state index < -0.39 is 11.8 Å². The van der Waals surface area contributed by atoms with Crippen LogP contribution in [0.25, 0.3) is 6.08 Å². The van der Waals surface area contributed by atoms with Crippen LogP contribution < -0.4 is 4.74 Å². The summed E-state index contributed by atoms with van der Waals surface area (Å²) in [5.41, 5.74) is 0.688. The fourth-order valence-corrected chi connectivity index (χ4v) is 4.38. The van der Waals surface area contributed by atoms with Gasteiger partial charge in [0.1, 0.15) is 11.3 Å². The Labute approximate surface area is 137 Å². The monoisotopic (exact) mass is 336 g/mol. The van der Waals surface area contributed by atoms with Crippen molar-refractivity contribution in [2.24, 2.45) is 0 Å². The van der Waals surface area contributed by atoms with E-state index in [4.69, 9.17) is 4.74 Å². The Hall–Kier alpha value is -1.66. The maximum atomic E-state index is 12.1. The Balaban J connectivity index is 2.12. The van der Waals surface area contributed by atoms with Gasteiger partial charge in [0.05, 0.1) is 10.8 Å². The first-order valence-corrected chi connectivity index (χ1v) is 8.77. The Bertz CT molecular complexity index is 610. The molecule has 1 aromatic rings. The van der Waals surface area contributed by atoms with Crippen LogP contribution in [-0.4, -0.2) is 35.0 Å². The molecule has 1 aliphatic heterocycles. The first-order chi connectivity index (χ1) is 10.6. The number of thioether (sulfide) groups is 2. The molecule has 1 heterocycles. The number of carbonyl (C=O) groups is 2. The average Bonchev–Trinajstić information content (AvgIpc) is 3.00. The van der Waals surface area contributed by atoms with Gasteiger partial charge in [-0.2, -0.15) is 0 Å². The highest BCUT2D eigenvalue weighted by atomic mass is 32.2. The number of aliphatic carboxylic acids is 1. The Morgan fingerprint density at radius 2 is 1.86 bits per heavy atom. The summed E-state index contributed by atoms with van der Waals surface area (Å²) in [6, 6.07) is 7.27. The zero-order valence-corrected chi connectivity index (χ0v) is 13.7. The van der Waals surface area contributed by atoms with E-state index in [-0.39, 0.29) is 5.57 Å². The fourth-order valence-electron chi connectivity index (χ4n) is 1.85. The van der Waals surface area contributed by atoms with Crippen LogP contribution in [0.5, 0.6) is 5.75 Å². The Morgan fingerprint density at radius 1 is 1.23 bits per heavy atom. The third-order valence-corrected chi connectivity index (χ3v) is 5.55. The quantitative estimate of drug-likeness (QED) is 0.488. The van der Waals surface area contributed by atoms with E-state index in [2.05, 4.69) is 0 Å². The van der Waals surface area contributed by atoms with Crippen molar-refractivity contribution in [1.29, 1.82) is 0 Å². The molecule has 0 unspecified atom stereocenters. The second-order valence-electron chi connectivity index (χ2n) is 4.36. The number of ketones is 1. The molecule has 1 saturated heterocycles. The summed E-state index contributed by atoms with van der Waals surface area (Å²) >= 11 is 2.85. The molecule has 1 aromatic carbocycles. The van der Waals surface area contributed by atoms with Crippen molar-refractivity contribution in [1.82, 2.24) is 0 Å². The number of carboxylic acids is 1. The Kier molecular flexibility index (Phi) is 6.15. The summed E-state index contributed by atoms with van der Waals surface area (Å²) in [4.78, 5) is 23.4. The van der Waals surface area contributed by atoms with Crippen molar-refractivity contribution >= 4 is 41.4 Å². The molecule has 0 bridgehead atoms. The molecule has 0 aliphatic carbocycles. The predicted molar refractivity (Wildman–Crippen MR) is 91.2 cm³/mol. The SMILES string of the molecule is CCOc1ccc(/C=C/C(=O)C(C(=O)O)=C2SCCS2)cc1. The van der Waals surface area contributed by atoms with Crippen LogP contribution in [0.1, 0.15) is 12.5 Å². The molecule has 0 radical (unpaired) electrons. The second-order valence-corrected chi connectivity index (χ2v) is 6.83. The number of carboxylic acid groups (broad SMARTS) is 1. The molecule has 0 spiro atoms. The second kappa shape index (κ2) is 8.10. The molecule has 1 N–H and O–H groups in total. The van der Waals surface area contributed by atoms with Crippen molar-refractivity contribution < 1.29 is 19.4 Å². The van der Waals surface area contributed by atoms with Gasteiger partial charge in [0.2, 0.25) is 0 Å². The van der Waals surface area contributed by atoms with Gasteiger partial charge in [-0.05, 0) is 30.7 Å². The standard InChI is InChI=1S/C16H16O4S2/c1-2-20-12-6-3-11(4-7-12)5-8-13(17)14(15(18)19)16-21-9-10-22-16/h3-8H,2,9-10H2,1H3,(H,18,19)/b8-5+. The topological polar surface area (TPSA) is 63.6 Å². The highest BCUT2D eigenvalue weighted by molar-refractivity contribution is 8.25. The van der Waals surface area contributed by atoms with Crippen molar-refractivity contribution in [2.45, 2.75) is 6.92 Å². The molecule has 1 aliphatic rings. The molecule has 1 fully saturated rings. The summed E-state index contributed by atoms with van der Waals surface area (Å²) in [7, 11) is 0. The molecular weight excluding hydrogens is 320 g/mol. The van der Waals surface area contributed by atoms with Gasteiger partial charge < -0.3 is 9.84 Å². The minimum absolute atomic E-state index is 0.130. The third-order valence-electron chi connectivity index (χ3n) is 2.83. The lowest BCUT2D eigenvalue weighted by Crippen LogP contribution is -2.11. The van der Waals surface area contributed by atoms with Gasteiger partial charge >= 0.3 is 5.97 Å². The predicted octanol–water partition coefficient (Wildman–Crippen LogP) is 3.44. The first kappa shape index (κ1) is 16.7. The van der Waals surface area contributed by atoms with Gasteiger partial charge in [0.25, 0.3) is 0 Å². The molecule has 4 nitrogen and oxygen atoms in total. The number of ether oxygens (including phenoxy) is 1. The molecule has 0 amide bonds. The van der Waals surface area contributed by atoms with Crippen molar-refractivity contribution in [3.8, 4) is 5.75 Å². The summed E-state index contributed by atoms with van der Waals surface area (Å²) < 4.78 is 5.95. The van der Waals surface area contributed by atoms with Crippen LogP contribution in [0.15, 0.2) is 40.2 Å². The number of rotatable bonds is 6. The van der Waals surface area contributed by atoms with Gasteiger partial charge in [-0.25, -0.2) is 4.79 Å².